The number of aliphatic hydroxyl groups excluding tert-OH is 1. The fourth-order valence-electron chi connectivity index (χ4n) is 3.04. The largest absolute Gasteiger partial charge is 0.454 e. The molecule has 2 heterocycles. The second-order valence-corrected chi connectivity index (χ2v) is 5.63. The Hall–Kier alpha value is -2.04. The van der Waals surface area contributed by atoms with Gasteiger partial charge in [0.05, 0.1) is 16.6 Å². The topological polar surface area (TPSA) is 97.1 Å². The minimum Gasteiger partial charge on any atom is -0.454 e. The molecule has 0 spiro atoms. The summed E-state index contributed by atoms with van der Waals surface area (Å²) < 4.78 is 39.2. The first-order valence-electron chi connectivity index (χ1n) is 7.45. The normalized spacial score (nSPS) is 19.3. The van der Waals surface area contributed by atoms with Crippen LogP contribution in [0.1, 0.15) is 11.6 Å². The zero-order valence-corrected chi connectivity index (χ0v) is 12.7. The SMILES string of the molecule is O=[N+]([O-])c1cc2c(cc1[C@H](N1CCNCC1)C(F)(F)CO)OCO2. The van der Waals surface area contributed by atoms with Gasteiger partial charge in [0.2, 0.25) is 6.79 Å². The van der Waals surface area contributed by atoms with E-state index < -0.39 is 29.2 Å². The zero-order valence-electron chi connectivity index (χ0n) is 12.7. The number of benzene rings is 1. The molecular formula is C14H17F2N3O5. The van der Waals surface area contributed by atoms with Gasteiger partial charge >= 0.3 is 0 Å². The van der Waals surface area contributed by atoms with Crippen LogP contribution in [0.25, 0.3) is 0 Å². The molecule has 24 heavy (non-hydrogen) atoms. The summed E-state index contributed by atoms with van der Waals surface area (Å²) in [6.07, 6.45) is 0. The van der Waals surface area contributed by atoms with Crippen LogP contribution in [0.3, 0.4) is 0 Å². The van der Waals surface area contributed by atoms with Gasteiger partial charge in [-0.1, -0.05) is 0 Å². The summed E-state index contributed by atoms with van der Waals surface area (Å²) in [6.45, 7) is 0.00223. The van der Waals surface area contributed by atoms with E-state index in [1.165, 1.54) is 11.0 Å². The van der Waals surface area contributed by atoms with Crippen LogP contribution < -0.4 is 14.8 Å². The lowest BCUT2D eigenvalue weighted by atomic mass is 9.96. The molecule has 2 aliphatic rings. The molecule has 2 N–H and O–H groups in total. The number of halogens is 2. The van der Waals surface area contributed by atoms with E-state index in [1.54, 1.807) is 0 Å². The molecule has 132 valence electrons. The quantitative estimate of drug-likeness (QED) is 0.604. The monoisotopic (exact) mass is 345 g/mol. The van der Waals surface area contributed by atoms with Crippen LogP contribution in [0.5, 0.6) is 11.5 Å². The molecule has 0 aromatic heterocycles. The minimum atomic E-state index is -3.55. The Kier molecular flexibility index (Phi) is 4.52. The second kappa shape index (κ2) is 6.46. The number of rotatable bonds is 5. The molecule has 1 saturated heterocycles. The van der Waals surface area contributed by atoms with Gasteiger partial charge in [0, 0.05) is 26.2 Å². The summed E-state index contributed by atoms with van der Waals surface area (Å²) in [4.78, 5) is 12.1. The van der Waals surface area contributed by atoms with Gasteiger partial charge < -0.3 is 19.9 Å². The number of hydrogen-bond acceptors (Lipinski definition) is 7. The summed E-state index contributed by atoms with van der Waals surface area (Å²) in [7, 11) is 0. The fraction of sp³-hybridized carbons (Fsp3) is 0.571. The zero-order chi connectivity index (χ0) is 17.3. The minimum absolute atomic E-state index is 0.120. The maximum atomic E-state index is 14.5. The standard InChI is InChI=1S/C14H17F2N3O5/c15-14(16,7-20)13(18-3-1-17-2-4-18)9-5-11-12(24-8-23-11)6-10(9)19(21)22/h5-6,13,17,20H,1-4,7-8H2/t13-/m0/s1. The highest BCUT2D eigenvalue weighted by molar-refractivity contribution is 5.56. The van der Waals surface area contributed by atoms with Crippen molar-refractivity contribution >= 4 is 5.69 Å². The molecule has 0 bridgehead atoms. The van der Waals surface area contributed by atoms with Gasteiger partial charge in [0.15, 0.2) is 11.5 Å². The number of aliphatic hydroxyl groups is 1. The molecule has 1 atom stereocenters. The Bertz CT molecular complexity index is 637. The fourth-order valence-corrected chi connectivity index (χ4v) is 3.04. The number of piperazine rings is 1. The van der Waals surface area contributed by atoms with Gasteiger partial charge in [-0.15, -0.1) is 0 Å². The highest BCUT2D eigenvalue weighted by Crippen LogP contribution is 2.46. The van der Waals surface area contributed by atoms with Crippen LogP contribution >= 0.6 is 0 Å². The van der Waals surface area contributed by atoms with E-state index >= 15 is 0 Å². The average molecular weight is 345 g/mol. The molecule has 1 aromatic carbocycles. The number of nitro benzene ring substituents is 1. The van der Waals surface area contributed by atoms with Gasteiger partial charge in [-0.2, -0.15) is 0 Å². The van der Waals surface area contributed by atoms with Crippen LogP contribution in [0, 0.1) is 10.1 Å². The van der Waals surface area contributed by atoms with Gasteiger partial charge in [-0.25, -0.2) is 8.78 Å². The van der Waals surface area contributed by atoms with Crippen molar-refractivity contribution < 1.29 is 28.3 Å². The third-order valence-electron chi connectivity index (χ3n) is 4.14. The molecule has 0 unspecified atom stereocenters. The molecule has 2 aliphatic heterocycles. The third kappa shape index (κ3) is 2.99. The van der Waals surface area contributed by atoms with E-state index in [9.17, 15) is 18.9 Å². The van der Waals surface area contributed by atoms with Crippen molar-refractivity contribution in [3.8, 4) is 11.5 Å². The number of hydrogen-bond donors (Lipinski definition) is 2. The molecule has 3 rings (SSSR count). The van der Waals surface area contributed by atoms with Gasteiger partial charge in [-0.3, -0.25) is 15.0 Å². The highest BCUT2D eigenvalue weighted by atomic mass is 19.3. The first-order chi connectivity index (χ1) is 11.4. The second-order valence-electron chi connectivity index (χ2n) is 5.63. The van der Waals surface area contributed by atoms with E-state index in [1.807, 2.05) is 0 Å². The molecule has 0 amide bonds. The predicted molar refractivity (Wildman–Crippen MR) is 78.4 cm³/mol. The summed E-state index contributed by atoms with van der Waals surface area (Å²) in [5.74, 6) is -3.21. The van der Waals surface area contributed by atoms with Gasteiger partial charge in [0.1, 0.15) is 12.6 Å². The average Bonchev–Trinajstić information content (AvgIpc) is 3.02. The van der Waals surface area contributed by atoms with E-state index in [-0.39, 0.29) is 36.9 Å². The van der Waals surface area contributed by atoms with Crippen LogP contribution in [0.2, 0.25) is 0 Å². The maximum Gasteiger partial charge on any atom is 0.290 e. The van der Waals surface area contributed by atoms with Crippen molar-refractivity contribution in [1.82, 2.24) is 10.2 Å². The molecule has 0 radical (unpaired) electrons. The summed E-state index contributed by atoms with van der Waals surface area (Å²) in [5.41, 5.74) is -0.666. The van der Waals surface area contributed by atoms with Crippen LogP contribution in [-0.4, -0.2) is 60.4 Å². The molecule has 8 nitrogen and oxygen atoms in total. The Labute approximate surface area is 136 Å². The van der Waals surface area contributed by atoms with E-state index in [0.717, 1.165) is 6.07 Å². The van der Waals surface area contributed by atoms with E-state index in [4.69, 9.17) is 14.6 Å². The first kappa shape index (κ1) is 16.8. The molecule has 1 fully saturated rings. The predicted octanol–water partition coefficient (Wildman–Crippen LogP) is 0.897. The Morgan fingerprint density at radius 2 is 1.96 bits per heavy atom. The molecule has 0 saturated carbocycles. The number of ether oxygens (including phenoxy) is 2. The van der Waals surface area contributed by atoms with Crippen molar-refractivity contribution in [1.29, 1.82) is 0 Å². The summed E-state index contributed by atoms with van der Waals surface area (Å²) in [6, 6.07) is 0.691. The Morgan fingerprint density at radius 3 is 2.54 bits per heavy atom. The summed E-state index contributed by atoms with van der Waals surface area (Å²) in [5, 5.41) is 23.6. The number of nitro groups is 1. The van der Waals surface area contributed by atoms with Crippen LogP contribution in [0.15, 0.2) is 12.1 Å². The summed E-state index contributed by atoms with van der Waals surface area (Å²) >= 11 is 0. The van der Waals surface area contributed by atoms with Crippen molar-refractivity contribution in [3.63, 3.8) is 0 Å². The van der Waals surface area contributed by atoms with Crippen molar-refractivity contribution in [3.05, 3.63) is 27.8 Å². The lowest BCUT2D eigenvalue weighted by Gasteiger charge is -2.38. The number of nitrogens with one attached hydrogen (secondary N) is 1. The van der Waals surface area contributed by atoms with Crippen LogP contribution in [0.4, 0.5) is 14.5 Å². The maximum absolute atomic E-state index is 14.5. The van der Waals surface area contributed by atoms with Gasteiger partial charge in [0.25, 0.3) is 11.6 Å². The smallest absolute Gasteiger partial charge is 0.290 e. The van der Waals surface area contributed by atoms with Crippen LogP contribution in [-0.2, 0) is 0 Å². The van der Waals surface area contributed by atoms with Gasteiger partial charge in [-0.05, 0) is 6.07 Å². The third-order valence-corrected chi connectivity index (χ3v) is 4.14. The number of fused-ring (bicyclic) bond motifs is 1. The molecule has 10 heteroatoms. The Balaban J connectivity index is 2.11. The van der Waals surface area contributed by atoms with Crippen molar-refractivity contribution in [2.24, 2.45) is 0 Å². The lowest BCUT2D eigenvalue weighted by molar-refractivity contribution is -0.386. The molecule has 1 aromatic rings. The van der Waals surface area contributed by atoms with E-state index in [0.29, 0.717) is 13.1 Å². The number of alkyl halides is 2. The highest BCUT2D eigenvalue weighted by Gasteiger charge is 2.47. The van der Waals surface area contributed by atoms with E-state index in [2.05, 4.69) is 5.32 Å². The first-order valence-corrected chi connectivity index (χ1v) is 7.45. The van der Waals surface area contributed by atoms with Crippen molar-refractivity contribution in [2.45, 2.75) is 12.0 Å². The molecular weight excluding hydrogens is 328 g/mol. The Morgan fingerprint density at radius 1 is 1.33 bits per heavy atom. The molecule has 0 aliphatic carbocycles. The lowest BCUT2D eigenvalue weighted by Crippen LogP contribution is -2.51. The van der Waals surface area contributed by atoms with Crippen molar-refractivity contribution in [2.75, 3.05) is 39.6 Å². The number of nitrogens with zero attached hydrogens (tertiary/aromatic N) is 2.